The first-order valence-corrected chi connectivity index (χ1v) is 6.41. The van der Waals surface area contributed by atoms with Crippen molar-refractivity contribution >= 4 is 39.1 Å². The molecule has 9 heteroatoms. The number of imide groups is 1. The van der Waals surface area contributed by atoms with E-state index in [0.717, 1.165) is 6.07 Å². The molecule has 0 saturated carbocycles. The summed E-state index contributed by atoms with van der Waals surface area (Å²) in [6.07, 6.45) is 0.358. The van der Waals surface area contributed by atoms with Crippen LogP contribution in [-0.2, 0) is 9.59 Å². The molecule has 1 fully saturated rings. The van der Waals surface area contributed by atoms with E-state index in [9.17, 15) is 24.1 Å². The number of piperidine rings is 1. The summed E-state index contributed by atoms with van der Waals surface area (Å²) in [7, 11) is 0. The molecule has 1 heterocycles. The van der Waals surface area contributed by atoms with E-state index in [1.807, 2.05) is 0 Å². The van der Waals surface area contributed by atoms with Gasteiger partial charge in [0.25, 0.3) is 5.69 Å². The van der Waals surface area contributed by atoms with E-state index in [4.69, 9.17) is 0 Å². The molecular weight excluding hydrogens is 337 g/mol. The van der Waals surface area contributed by atoms with Gasteiger partial charge in [-0.15, -0.1) is 0 Å². The Morgan fingerprint density at radius 2 is 2.15 bits per heavy atom. The summed E-state index contributed by atoms with van der Waals surface area (Å²) in [5.74, 6) is -1.72. The van der Waals surface area contributed by atoms with Crippen molar-refractivity contribution in [2.24, 2.45) is 0 Å². The highest BCUT2D eigenvalue weighted by Crippen LogP contribution is 2.31. The van der Waals surface area contributed by atoms with Gasteiger partial charge in [-0.25, -0.2) is 4.39 Å². The van der Waals surface area contributed by atoms with E-state index in [2.05, 4.69) is 26.6 Å². The number of anilines is 1. The van der Waals surface area contributed by atoms with E-state index in [-0.39, 0.29) is 28.9 Å². The first-order valence-electron chi connectivity index (χ1n) is 5.62. The molecule has 0 bridgehead atoms. The van der Waals surface area contributed by atoms with Crippen LogP contribution in [0.2, 0.25) is 0 Å². The van der Waals surface area contributed by atoms with Crippen molar-refractivity contribution in [1.29, 1.82) is 0 Å². The number of hydrogen-bond acceptors (Lipinski definition) is 5. The zero-order valence-corrected chi connectivity index (χ0v) is 11.6. The number of benzene rings is 1. The molecule has 1 aliphatic rings. The molecule has 0 spiro atoms. The van der Waals surface area contributed by atoms with Crippen LogP contribution in [0, 0.1) is 15.9 Å². The molecule has 1 atom stereocenters. The standard InChI is InChI=1S/C11H9BrFN3O4/c12-5-3-8(9(16(19)20)4-6(5)13)14-7-1-2-10(17)15-11(7)18/h3-4,7,14H,1-2H2,(H,15,17,18). The van der Waals surface area contributed by atoms with Gasteiger partial charge < -0.3 is 5.32 Å². The fourth-order valence-electron chi connectivity index (χ4n) is 1.82. The van der Waals surface area contributed by atoms with Crippen molar-refractivity contribution in [2.75, 3.05) is 5.32 Å². The van der Waals surface area contributed by atoms with Crippen LogP contribution in [0.5, 0.6) is 0 Å². The van der Waals surface area contributed by atoms with Gasteiger partial charge in [0, 0.05) is 6.42 Å². The molecule has 2 rings (SSSR count). The number of nitrogens with one attached hydrogen (secondary N) is 2. The second-order valence-electron chi connectivity index (χ2n) is 4.19. The predicted octanol–water partition coefficient (Wildman–Crippen LogP) is 1.71. The highest BCUT2D eigenvalue weighted by Gasteiger charge is 2.29. The summed E-state index contributed by atoms with van der Waals surface area (Å²) in [4.78, 5) is 32.8. The normalized spacial score (nSPS) is 18.6. The Hall–Kier alpha value is -2.03. The zero-order chi connectivity index (χ0) is 14.9. The van der Waals surface area contributed by atoms with Crippen LogP contribution >= 0.6 is 15.9 Å². The number of carbonyl (C=O) groups is 2. The van der Waals surface area contributed by atoms with Crippen molar-refractivity contribution in [2.45, 2.75) is 18.9 Å². The van der Waals surface area contributed by atoms with Gasteiger partial charge in [0.1, 0.15) is 17.5 Å². The van der Waals surface area contributed by atoms with Gasteiger partial charge in [0.15, 0.2) is 0 Å². The SMILES string of the molecule is O=C1CCC(Nc2cc(Br)c(F)cc2[N+](=O)[O-])C(=O)N1. The molecule has 0 radical (unpaired) electrons. The molecular formula is C11H9BrFN3O4. The van der Waals surface area contributed by atoms with Gasteiger partial charge in [0.05, 0.1) is 15.5 Å². The Kier molecular flexibility index (Phi) is 3.98. The lowest BCUT2D eigenvalue weighted by molar-refractivity contribution is -0.384. The molecule has 0 aliphatic carbocycles. The van der Waals surface area contributed by atoms with Gasteiger partial charge in [-0.1, -0.05) is 0 Å². The minimum absolute atomic E-state index is 0.0118. The molecule has 2 amide bonds. The van der Waals surface area contributed by atoms with Crippen molar-refractivity contribution in [3.8, 4) is 0 Å². The maximum Gasteiger partial charge on any atom is 0.295 e. The van der Waals surface area contributed by atoms with Crippen molar-refractivity contribution in [3.05, 3.63) is 32.5 Å². The van der Waals surface area contributed by atoms with Crippen LogP contribution in [0.3, 0.4) is 0 Å². The smallest absolute Gasteiger partial charge is 0.295 e. The lowest BCUT2D eigenvalue weighted by Gasteiger charge is -2.22. The van der Waals surface area contributed by atoms with Crippen molar-refractivity contribution in [1.82, 2.24) is 5.32 Å². The molecule has 2 N–H and O–H groups in total. The minimum atomic E-state index is -0.774. The Bertz CT molecular complexity index is 608. The maximum atomic E-state index is 13.3. The molecule has 20 heavy (non-hydrogen) atoms. The summed E-state index contributed by atoms with van der Waals surface area (Å²) in [5.41, 5.74) is -0.465. The molecule has 1 unspecified atom stereocenters. The van der Waals surface area contributed by atoms with E-state index in [1.165, 1.54) is 6.07 Å². The fourth-order valence-corrected chi connectivity index (χ4v) is 2.17. The third-order valence-electron chi connectivity index (χ3n) is 2.80. The zero-order valence-electron chi connectivity index (χ0n) is 9.98. The summed E-state index contributed by atoms with van der Waals surface area (Å²) < 4.78 is 13.4. The second-order valence-corrected chi connectivity index (χ2v) is 5.04. The summed E-state index contributed by atoms with van der Waals surface area (Å²) >= 11 is 2.93. The van der Waals surface area contributed by atoms with Crippen LogP contribution in [0.1, 0.15) is 12.8 Å². The average molecular weight is 346 g/mol. The number of nitrogens with zero attached hydrogens (tertiary/aromatic N) is 1. The Morgan fingerprint density at radius 3 is 2.75 bits per heavy atom. The monoisotopic (exact) mass is 345 g/mol. The summed E-state index contributed by atoms with van der Waals surface area (Å²) in [6, 6.07) is 1.18. The molecule has 1 saturated heterocycles. The third kappa shape index (κ3) is 2.93. The van der Waals surface area contributed by atoms with Gasteiger partial charge in [0.2, 0.25) is 11.8 Å². The molecule has 106 valence electrons. The average Bonchev–Trinajstić information content (AvgIpc) is 2.36. The lowest BCUT2D eigenvalue weighted by Crippen LogP contribution is -2.47. The predicted molar refractivity (Wildman–Crippen MR) is 70.5 cm³/mol. The Morgan fingerprint density at radius 1 is 1.45 bits per heavy atom. The van der Waals surface area contributed by atoms with Crippen LogP contribution < -0.4 is 10.6 Å². The number of carbonyl (C=O) groups excluding carboxylic acids is 2. The molecule has 1 aliphatic heterocycles. The van der Waals surface area contributed by atoms with Gasteiger partial charge >= 0.3 is 0 Å². The topological polar surface area (TPSA) is 101 Å². The molecule has 0 aromatic heterocycles. The van der Waals surface area contributed by atoms with Crippen LogP contribution in [0.4, 0.5) is 15.8 Å². The quantitative estimate of drug-likeness (QED) is 0.493. The van der Waals surface area contributed by atoms with Gasteiger partial charge in [-0.05, 0) is 28.4 Å². The van der Waals surface area contributed by atoms with E-state index in [1.54, 1.807) is 0 Å². The summed E-state index contributed by atoms with van der Waals surface area (Å²) in [6.45, 7) is 0. The van der Waals surface area contributed by atoms with Crippen LogP contribution in [-0.4, -0.2) is 22.8 Å². The van der Waals surface area contributed by atoms with Crippen molar-refractivity contribution in [3.63, 3.8) is 0 Å². The second kappa shape index (κ2) is 5.53. The molecule has 7 nitrogen and oxygen atoms in total. The molecule has 1 aromatic rings. The highest BCUT2D eigenvalue weighted by atomic mass is 79.9. The van der Waals surface area contributed by atoms with Crippen LogP contribution in [0.25, 0.3) is 0 Å². The third-order valence-corrected chi connectivity index (χ3v) is 3.41. The van der Waals surface area contributed by atoms with Crippen LogP contribution in [0.15, 0.2) is 16.6 Å². The molecule has 1 aromatic carbocycles. The Labute approximate surface area is 120 Å². The Balaban J connectivity index is 2.29. The first-order chi connectivity index (χ1) is 9.38. The van der Waals surface area contributed by atoms with E-state index < -0.39 is 28.4 Å². The largest absolute Gasteiger partial charge is 0.368 e. The number of amides is 2. The number of nitro benzene ring substituents is 1. The first kappa shape index (κ1) is 14.4. The highest BCUT2D eigenvalue weighted by molar-refractivity contribution is 9.10. The van der Waals surface area contributed by atoms with E-state index >= 15 is 0 Å². The fraction of sp³-hybridized carbons (Fsp3) is 0.273. The minimum Gasteiger partial charge on any atom is -0.368 e. The number of rotatable bonds is 3. The van der Waals surface area contributed by atoms with Crippen molar-refractivity contribution < 1.29 is 18.9 Å². The summed E-state index contributed by atoms with van der Waals surface area (Å²) in [5, 5.41) is 15.7. The lowest BCUT2D eigenvalue weighted by atomic mass is 10.1. The number of halogens is 2. The maximum absolute atomic E-state index is 13.3. The number of nitro groups is 1. The van der Waals surface area contributed by atoms with Gasteiger partial charge in [-0.2, -0.15) is 0 Å². The number of hydrogen-bond donors (Lipinski definition) is 2. The van der Waals surface area contributed by atoms with Gasteiger partial charge in [-0.3, -0.25) is 25.0 Å². The van der Waals surface area contributed by atoms with E-state index in [0.29, 0.717) is 0 Å².